The molecule has 2 nitrogen and oxygen atoms in total. The van der Waals surface area contributed by atoms with Crippen LogP contribution in [0, 0.1) is 5.92 Å². The zero-order valence-electron chi connectivity index (χ0n) is 11.4. The van der Waals surface area contributed by atoms with E-state index in [9.17, 15) is 0 Å². The predicted octanol–water partition coefficient (Wildman–Crippen LogP) is 4.12. The van der Waals surface area contributed by atoms with Gasteiger partial charge < -0.3 is 5.73 Å². The van der Waals surface area contributed by atoms with Crippen LogP contribution < -0.4 is 5.73 Å². The molecule has 1 heterocycles. The number of nitrogens with zero attached hydrogens (tertiary/aromatic N) is 1. The summed E-state index contributed by atoms with van der Waals surface area (Å²) in [6.45, 7) is 5.14. The Kier molecular flexibility index (Phi) is 5.52. The summed E-state index contributed by atoms with van der Waals surface area (Å²) in [5.41, 5.74) is 7.13. The van der Waals surface area contributed by atoms with E-state index in [0.717, 1.165) is 24.6 Å². The molecule has 1 aromatic rings. The van der Waals surface area contributed by atoms with E-state index in [0.29, 0.717) is 16.6 Å². The Morgan fingerprint density at radius 2 is 1.89 bits per heavy atom. The summed E-state index contributed by atoms with van der Waals surface area (Å²) >= 11 is 12.2. The van der Waals surface area contributed by atoms with Gasteiger partial charge in [-0.15, -0.1) is 0 Å². The van der Waals surface area contributed by atoms with Crippen molar-refractivity contribution in [2.75, 3.05) is 19.6 Å². The quantitative estimate of drug-likeness (QED) is 0.910. The van der Waals surface area contributed by atoms with Crippen molar-refractivity contribution in [2.24, 2.45) is 11.7 Å². The summed E-state index contributed by atoms with van der Waals surface area (Å²) in [5, 5.41) is 1.37. The van der Waals surface area contributed by atoms with Crippen LogP contribution in [0.15, 0.2) is 18.2 Å². The van der Waals surface area contributed by atoms with E-state index in [4.69, 9.17) is 28.9 Å². The van der Waals surface area contributed by atoms with Crippen LogP contribution in [-0.4, -0.2) is 24.5 Å². The van der Waals surface area contributed by atoms with Gasteiger partial charge in [0.25, 0.3) is 0 Å². The molecule has 2 rings (SSSR count). The smallest absolute Gasteiger partial charge is 0.0471 e. The van der Waals surface area contributed by atoms with Crippen molar-refractivity contribution < 1.29 is 0 Å². The fraction of sp³-hybridized carbons (Fsp3) is 0.600. The lowest BCUT2D eigenvalue weighted by Crippen LogP contribution is -2.34. The molecule has 2 N–H and O–H groups in total. The summed E-state index contributed by atoms with van der Waals surface area (Å²) in [6.07, 6.45) is 3.79. The maximum atomic E-state index is 6.10. The van der Waals surface area contributed by atoms with E-state index in [-0.39, 0.29) is 6.04 Å². The van der Waals surface area contributed by atoms with Crippen LogP contribution >= 0.6 is 23.2 Å². The molecule has 0 spiro atoms. The minimum absolute atomic E-state index is 0.224. The van der Waals surface area contributed by atoms with Crippen molar-refractivity contribution in [1.29, 1.82) is 0 Å². The Morgan fingerprint density at radius 3 is 2.53 bits per heavy atom. The second kappa shape index (κ2) is 6.94. The molecule has 1 aliphatic rings. The minimum Gasteiger partial charge on any atom is -0.329 e. The fourth-order valence-corrected chi connectivity index (χ4v) is 3.40. The number of likely N-dealkylation sites (tertiary alicyclic amines) is 1. The van der Waals surface area contributed by atoms with Crippen molar-refractivity contribution in [3.8, 4) is 0 Å². The first-order valence-electron chi connectivity index (χ1n) is 7.00. The second-order valence-corrected chi connectivity index (χ2v) is 6.40. The summed E-state index contributed by atoms with van der Waals surface area (Å²) in [4.78, 5) is 2.48. The van der Waals surface area contributed by atoms with Crippen molar-refractivity contribution in [3.05, 3.63) is 33.8 Å². The Labute approximate surface area is 125 Å². The summed E-state index contributed by atoms with van der Waals surface area (Å²) in [6, 6.07) is 5.96. The number of hydrogen-bond acceptors (Lipinski definition) is 2. The normalized spacial score (nSPS) is 23.1. The van der Waals surface area contributed by atoms with E-state index >= 15 is 0 Å². The summed E-state index contributed by atoms with van der Waals surface area (Å²) in [7, 11) is 0. The highest BCUT2D eigenvalue weighted by Crippen LogP contribution is 2.29. The van der Waals surface area contributed by atoms with Crippen LogP contribution in [-0.2, 0) is 0 Å². The molecule has 0 radical (unpaired) electrons. The van der Waals surface area contributed by atoms with Crippen LogP contribution in [0.2, 0.25) is 10.0 Å². The van der Waals surface area contributed by atoms with Gasteiger partial charge in [-0.1, -0.05) is 30.1 Å². The molecule has 19 heavy (non-hydrogen) atoms. The van der Waals surface area contributed by atoms with Gasteiger partial charge in [0, 0.05) is 22.6 Å². The second-order valence-electron chi connectivity index (χ2n) is 5.53. The standard InChI is InChI=1S/C15H22Cl2N2/c1-11-3-2-5-19(6-4-11)15(10-18)12-7-13(16)9-14(17)8-12/h7-9,11,15H,2-6,10,18H2,1H3. The van der Waals surface area contributed by atoms with Gasteiger partial charge in [0.2, 0.25) is 0 Å². The van der Waals surface area contributed by atoms with Crippen LogP contribution in [0.1, 0.15) is 37.8 Å². The van der Waals surface area contributed by atoms with E-state index in [1.54, 1.807) is 6.07 Å². The van der Waals surface area contributed by atoms with Gasteiger partial charge in [-0.3, -0.25) is 4.90 Å². The van der Waals surface area contributed by atoms with E-state index in [1.807, 2.05) is 12.1 Å². The van der Waals surface area contributed by atoms with E-state index in [1.165, 1.54) is 19.3 Å². The largest absolute Gasteiger partial charge is 0.329 e. The maximum Gasteiger partial charge on any atom is 0.0471 e. The lowest BCUT2D eigenvalue weighted by molar-refractivity contribution is 0.207. The number of hydrogen-bond donors (Lipinski definition) is 1. The van der Waals surface area contributed by atoms with Crippen molar-refractivity contribution in [2.45, 2.75) is 32.2 Å². The van der Waals surface area contributed by atoms with Crippen LogP contribution in [0.4, 0.5) is 0 Å². The molecule has 2 atom stereocenters. The van der Waals surface area contributed by atoms with Crippen molar-refractivity contribution >= 4 is 23.2 Å². The SMILES string of the molecule is CC1CCCN(C(CN)c2cc(Cl)cc(Cl)c2)CC1. The van der Waals surface area contributed by atoms with Crippen molar-refractivity contribution in [3.63, 3.8) is 0 Å². The molecule has 0 amide bonds. The monoisotopic (exact) mass is 300 g/mol. The maximum absolute atomic E-state index is 6.10. The van der Waals surface area contributed by atoms with Gasteiger partial charge in [0.1, 0.15) is 0 Å². The van der Waals surface area contributed by atoms with Gasteiger partial charge in [-0.05, 0) is 62.0 Å². The first-order valence-corrected chi connectivity index (χ1v) is 7.76. The molecular formula is C15H22Cl2N2. The third kappa shape index (κ3) is 4.09. The Hall–Kier alpha value is -0.280. The molecule has 4 heteroatoms. The zero-order valence-corrected chi connectivity index (χ0v) is 12.9. The number of benzene rings is 1. The third-order valence-corrected chi connectivity index (χ3v) is 4.42. The van der Waals surface area contributed by atoms with Crippen LogP contribution in [0.25, 0.3) is 0 Å². The third-order valence-electron chi connectivity index (χ3n) is 3.99. The van der Waals surface area contributed by atoms with Gasteiger partial charge in [-0.2, -0.15) is 0 Å². The molecule has 106 valence electrons. The predicted molar refractivity (Wildman–Crippen MR) is 82.8 cm³/mol. The van der Waals surface area contributed by atoms with E-state index < -0.39 is 0 Å². The zero-order chi connectivity index (χ0) is 13.8. The number of halogens is 2. The van der Waals surface area contributed by atoms with Crippen molar-refractivity contribution in [1.82, 2.24) is 4.90 Å². The molecule has 0 aliphatic carbocycles. The Morgan fingerprint density at radius 1 is 1.21 bits per heavy atom. The first kappa shape index (κ1) is 15.1. The molecule has 1 fully saturated rings. The molecule has 1 aromatic carbocycles. The van der Waals surface area contributed by atoms with Gasteiger partial charge in [0.05, 0.1) is 0 Å². The molecule has 0 saturated carbocycles. The molecule has 2 unspecified atom stereocenters. The lowest BCUT2D eigenvalue weighted by Gasteiger charge is -2.30. The van der Waals surface area contributed by atoms with Gasteiger partial charge >= 0.3 is 0 Å². The molecule has 0 aromatic heterocycles. The summed E-state index contributed by atoms with van der Waals surface area (Å²) < 4.78 is 0. The highest BCUT2D eigenvalue weighted by Gasteiger charge is 2.22. The lowest BCUT2D eigenvalue weighted by atomic mass is 10.0. The molecule has 1 aliphatic heterocycles. The number of rotatable bonds is 3. The minimum atomic E-state index is 0.224. The Balaban J connectivity index is 2.18. The number of nitrogens with two attached hydrogens (primary N) is 1. The Bertz CT molecular complexity index is 402. The fourth-order valence-electron chi connectivity index (χ4n) is 2.86. The first-order chi connectivity index (χ1) is 9.10. The average Bonchev–Trinajstić information content (AvgIpc) is 2.54. The van der Waals surface area contributed by atoms with Gasteiger partial charge in [-0.25, -0.2) is 0 Å². The highest BCUT2D eigenvalue weighted by atomic mass is 35.5. The van der Waals surface area contributed by atoms with E-state index in [2.05, 4.69) is 11.8 Å². The molecule has 0 bridgehead atoms. The van der Waals surface area contributed by atoms with Crippen LogP contribution in [0.3, 0.4) is 0 Å². The van der Waals surface area contributed by atoms with Crippen LogP contribution in [0.5, 0.6) is 0 Å². The molecule has 1 saturated heterocycles. The topological polar surface area (TPSA) is 29.3 Å². The van der Waals surface area contributed by atoms with Gasteiger partial charge in [0.15, 0.2) is 0 Å². The summed E-state index contributed by atoms with van der Waals surface area (Å²) in [5.74, 6) is 0.811. The average molecular weight is 301 g/mol. The molecular weight excluding hydrogens is 279 g/mol. The highest BCUT2D eigenvalue weighted by molar-refractivity contribution is 6.34.